The van der Waals surface area contributed by atoms with Crippen LogP contribution < -0.4 is 9.21 Å². The highest BCUT2D eigenvalue weighted by molar-refractivity contribution is 7.93. The Hall–Kier alpha value is -2.15. The molecule has 0 N–H and O–H groups in total. The van der Waals surface area contributed by atoms with Crippen LogP contribution in [0.4, 0.5) is 11.6 Å². The van der Waals surface area contributed by atoms with Gasteiger partial charge in [0.1, 0.15) is 0 Å². The zero-order valence-corrected chi connectivity index (χ0v) is 15.1. The van der Waals surface area contributed by atoms with Crippen molar-refractivity contribution in [3.63, 3.8) is 0 Å². The van der Waals surface area contributed by atoms with Gasteiger partial charge in [0.05, 0.1) is 10.9 Å². The molecule has 0 saturated carbocycles. The van der Waals surface area contributed by atoms with Gasteiger partial charge in [-0.2, -0.15) is 0 Å². The van der Waals surface area contributed by atoms with Crippen molar-refractivity contribution in [1.82, 2.24) is 9.97 Å². The molecule has 3 heterocycles. The number of rotatable bonds is 3. The molecular formula is C18H22N4O2S. The standard InChI is InChI=1S/C18H22N4O2S/c1-14-11-19-18(20-12-14)21-9-4-6-16(13-21)25(23,24)22-10-8-15-5-2-3-7-17(15)22/h2-3,5,7,11-12,16H,4,6,8-10,13H2,1H3. The Bertz CT molecular complexity index is 867. The lowest BCUT2D eigenvalue weighted by Crippen LogP contribution is -2.48. The number of fused-ring (bicyclic) bond motifs is 1. The number of hydrogen-bond donors (Lipinski definition) is 0. The summed E-state index contributed by atoms with van der Waals surface area (Å²) in [6.45, 7) is 3.73. The number of aryl methyl sites for hydroxylation is 1. The number of anilines is 2. The van der Waals surface area contributed by atoms with E-state index < -0.39 is 15.3 Å². The normalized spacial score (nSPS) is 20.6. The van der Waals surface area contributed by atoms with Gasteiger partial charge in [-0.3, -0.25) is 4.31 Å². The van der Waals surface area contributed by atoms with Gasteiger partial charge in [0.2, 0.25) is 16.0 Å². The van der Waals surface area contributed by atoms with E-state index in [2.05, 4.69) is 9.97 Å². The van der Waals surface area contributed by atoms with Gasteiger partial charge in [-0.1, -0.05) is 18.2 Å². The molecule has 4 rings (SSSR count). The van der Waals surface area contributed by atoms with Crippen LogP contribution in [-0.2, 0) is 16.4 Å². The zero-order valence-electron chi connectivity index (χ0n) is 14.3. The van der Waals surface area contributed by atoms with Gasteiger partial charge in [0.15, 0.2) is 0 Å². The quantitative estimate of drug-likeness (QED) is 0.841. The predicted molar refractivity (Wildman–Crippen MR) is 98.4 cm³/mol. The maximum Gasteiger partial charge on any atom is 0.239 e. The van der Waals surface area contributed by atoms with Crippen molar-refractivity contribution in [3.8, 4) is 0 Å². The minimum absolute atomic E-state index is 0.419. The Kier molecular flexibility index (Phi) is 4.11. The molecule has 0 aliphatic carbocycles. The van der Waals surface area contributed by atoms with E-state index in [1.165, 1.54) is 0 Å². The van der Waals surface area contributed by atoms with E-state index in [1.807, 2.05) is 36.1 Å². The summed E-state index contributed by atoms with van der Waals surface area (Å²) < 4.78 is 28.1. The molecule has 2 aliphatic heterocycles. The number of piperidine rings is 1. The second-order valence-electron chi connectivity index (χ2n) is 6.77. The smallest absolute Gasteiger partial charge is 0.239 e. The Morgan fingerprint density at radius 1 is 1.12 bits per heavy atom. The second kappa shape index (κ2) is 6.29. The van der Waals surface area contributed by atoms with E-state index in [0.717, 1.165) is 36.2 Å². The van der Waals surface area contributed by atoms with Crippen LogP contribution in [0.15, 0.2) is 36.7 Å². The van der Waals surface area contributed by atoms with Crippen LogP contribution in [0.2, 0.25) is 0 Å². The van der Waals surface area contributed by atoms with Crippen molar-refractivity contribution in [2.75, 3.05) is 28.8 Å². The molecular weight excluding hydrogens is 336 g/mol. The predicted octanol–water partition coefficient (Wildman–Crippen LogP) is 2.15. The van der Waals surface area contributed by atoms with Gasteiger partial charge in [0, 0.05) is 32.0 Å². The molecule has 1 unspecified atom stereocenters. The summed E-state index contributed by atoms with van der Waals surface area (Å²) in [5, 5.41) is -0.419. The first-order valence-corrected chi connectivity index (χ1v) is 10.2. The number of para-hydroxylation sites is 1. The van der Waals surface area contributed by atoms with Gasteiger partial charge < -0.3 is 4.90 Å². The molecule has 1 saturated heterocycles. The van der Waals surface area contributed by atoms with Crippen LogP contribution >= 0.6 is 0 Å². The molecule has 2 aromatic rings. The summed E-state index contributed by atoms with van der Waals surface area (Å²) in [4.78, 5) is 10.7. The SMILES string of the molecule is Cc1cnc(N2CCCC(S(=O)(=O)N3CCc4ccccc43)C2)nc1. The summed E-state index contributed by atoms with van der Waals surface area (Å²) >= 11 is 0. The fourth-order valence-corrected chi connectivity index (χ4v) is 5.66. The minimum atomic E-state index is -3.39. The number of nitrogens with zero attached hydrogens (tertiary/aromatic N) is 4. The van der Waals surface area contributed by atoms with E-state index in [-0.39, 0.29) is 0 Å². The maximum absolute atomic E-state index is 13.2. The Balaban J connectivity index is 1.57. The van der Waals surface area contributed by atoms with Crippen LogP contribution in [0.5, 0.6) is 0 Å². The lowest BCUT2D eigenvalue weighted by Gasteiger charge is -2.35. The Labute approximate surface area is 148 Å². The van der Waals surface area contributed by atoms with Gasteiger partial charge in [-0.25, -0.2) is 18.4 Å². The third kappa shape index (κ3) is 2.97. The minimum Gasteiger partial charge on any atom is -0.339 e. The number of benzene rings is 1. The fraction of sp³-hybridized carbons (Fsp3) is 0.444. The number of hydrogen-bond acceptors (Lipinski definition) is 5. The lowest BCUT2D eigenvalue weighted by molar-refractivity contribution is 0.525. The van der Waals surface area contributed by atoms with Crippen molar-refractivity contribution in [1.29, 1.82) is 0 Å². The molecule has 7 heteroatoms. The summed E-state index contributed by atoms with van der Waals surface area (Å²) in [6.07, 6.45) is 5.85. The molecule has 1 atom stereocenters. The van der Waals surface area contributed by atoms with E-state index in [4.69, 9.17) is 0 Å². The molecule has 0 radical (unpaired) electrons. The van der Waals surface area contributed by atoms with Crippen molar-refractivity contribution in [3.05, 3.63) is 47.8 Å². The third-order valence-electron chi connectivity index (χ3n) is 5.00. The van der Waals surface area contributed by atoms with Crippen molar-refractivity contribution >= 4 is 21.7 Å². The van der Waals surface area contributed by atoms with Crippen LogP contribution in [0.1, 0.15) is 24.0 Å². The van der Waals surface area contributed by atoms with Crippen molar-refractivity contribution < 1.29 is 8.42 Å². The molecule has 1 aromatic heterocycles. The van der Waals surface area contributed by atoms with E-state index in [9.17, 15) is 8.42 Å². The summed E-state index contributed by atoms with van der Waals surface area (Å²) in [5.74, 6) is 0.618. The van der Waals surface area contributed by atoms with Crippen molar-refractivity contribution in [2.24, 2.45) is 0 Å². The highest BCUT2D eigenvalue weighted by Gasteiger charge is 2.38. The summed E-state index contributed by atoms with van der Waals surface area (Å²) in [6, 6.07) is 7.79. The highest BCUT2D eigenvalue weighted by atomic mass is 32.2. The first-order chi connectivity index (χ1) is 12.1. The number of aromatic nitrogens is 2. The molecule has 0 bridgehead atoms. The molecule has 0 spiro atoms. The summed E-state index contributed by atoms with van der Waals surface area (Å²) in [5.41, 5.74) is 2.95. The van der Waals surface area contributed by atoms with Gasteiger partial charge in [-0.15, -0.1) is 0 Å². The topological polar surface area (TPSA) is 66.4 Å². The van der Waals surface area contributed by atoms with Crippen LogP contribution in [0.3, 0.4) is 0 Å². The maximum atomic E-state index is 13.2. The first-order valence-electron chi connectivity index (χ1n) is 8.69. The average molecular weight is 358 g/mol. The zero-order chi connectivity index (χ0) is 17.4. The largest absolute Gasteiger partial charge is 0.339 e. The van der Waals surface area contributed by atoms with Crippen LogP contribution in [-0.4, -0.2) is 43.3 Å². The molecule has 132 valence electrons. The molecule has 1 aromatic carbocycles. The third-order valence-corrected chi connectivity index (χ3v) is 7.22. The Morgan fingerprint density at radius 2 is 1.88 bits per heavy atom. The Morgan fingerprint density at radius 3 is 2.68 bits per heavy atom. The average Bonchev–Trinajstić information content (AvgIpc) is 3.07. The lowest BCUT2D eigenvalue weighted by atomic mass is 10.1. The monoisotopic (exact) mass is 358 g/mol. The van der Waals surface area contributed by atoms with E-state index in [0.29, 0.717) is 25.5 Å². The molecule has 6 nitrogen and oxygen atoms in total. The number of sulfonamides is 1. The van der Waals surface area contributed by atoms with E-state index >= 15 is 0 Å². The molecule has 0 amide bonds. The molecule has 2 aliphatic rings. The molecule has 1 fully saturated rings. The summed E-state index contributed by atoms with van der Waals surface area (Å²) in [7, 11) is -3.39. The van der Waals surface area contributed by atoms with Crippen molar-refractivity contribution in [2.45, 2.75) is 31.4 Å². The van der Waals surface area contributed by atoms with Crippen LogP contribution in [0.25, 0.3) is 0 Å². The first kappa shape index (κ1) is 16.3. The molecule has 25 heavy (non-hydrogen) atoms. The van der Waals surface area contributed by atoms with Crippen LogP contribution in [0, 0.1) is 6.92 Å². The van der Waals surface area contributed by atoms with Gasteiger partial charge in [0.25, 0.3) is 0 Å². The van der Waals surface area contributed by atoms with E-state index in [1.54, 1.807) is 16.7 Å². The van der Waals surface area contributed by atoms with Gasteiger partial charge in [-0.05, 0) is 43.4 Å². The highest BCUT2D eigenvalue weighted by Crippen LogP contribution is 2.33. The fourth-order valence-electron chi connectivity index (χ4n) is 3.66. The van der Waals surface area contributed by atoms with Gasteiger partial charge >= 0.3 is 0 Å². The second-order valence-corrected chi connectivity index (χ2v) is 8.90.